The molecule has 104 valence electrons. The molecule has 0 radical (unpaired) electrons. The number of rotatable bonds is 4. The maximum absolute atomic E-state index is 10.6. The highest BCUT2D eigenvalue weighted by Crippen LogP contribution is 2.34. The molecule has 19 heavy (non-hydrogen) atoms. The van der Waals surface area contributed by atoms with E-state index in [9.17, 15) is 4.57 Å². The minimum absolute atomic E-state index is 0.136. The van der Waals surface area contributed by atoms with Crippen LogP contribution in [0.3, 0.4) is 0 Å². The Labute approximate surface area is 115 Å². The molecule has 0 saturated heterocycles. The van der Waals surface area contributed by atoms with Crippen molar-refractivity contribution in [3.05, 3.63) is 29.8 Å². The Morgan fingerprint density at radius 3 is 2.11 bits per heavy atom. The highest BCUT2D eigenvalue weighted by atomic mass is 32.1. The molecule has 0 aromatic heterocycles. The number of hydrogen-bond acceptors (Lipinski definition) is 4. The summed E-state index contributed by atoms with van der Waals surface area (Å²) in [5.74, 6) is 0. The zero-order valence-corrected chi connectivity index (χ0v) is 12.2. The van der Waals surface area contributed by atoms with E-state index in [1.165, 1.54) is 0 Å². The summed E-state index contributed by atoms with van der Waals surface area (Å²) < 4.78 is 19.3. The normalized spacial score (nSPS) is 9.89. The first kappa shape index (κ1) is 18.2. The zero-order chi connectivity index (χ0) is 14.9. The predicted molar refractivity (Wildman–Crippen MR) is 73.8 cm³/mol. The summed E-state index contributed by atoms with van der Waals surface area (Å²) in [6.07, 6.45) is 0.217. The molecular formula is C9H12NO6P2S+. The van der Waals surface area contributed by atoms with Crippen molar-refractivity contribution in [2.45, 2.75) is 6.42 Å². The molecule has 4 N–H and O–H groups in total. The van der Waals surface area contributed by atoms with Crippen molar-refractivity contribution in [2.24, 2.45) is 4.99 Å². The van der Waals surface area contributed by atoms with E-state index >= 15 is 0 Å². The van der Waals surface area contributed by atoms with E-state index in [0.29, 0.717) is 12.1 Å². The second kappa shape index (κ2) is 9.15. The lowest BCUT2D eigenvalue weighted by atomic mass is 10.1. The van der Waals surface area contributed by atoms with Gasteiger partial charge >= 0.3 is 15.9 Å². The van der Waals surface area contributed by atoms with E-state index < -0.39 is 15.9 Å². The SMILES string of the molecule is O=P(O)(O)CCc1ccc(N=C=S)cc1.O=[P+](O)O. The van der Waals surface area contributed by atoms with Crippen molar-refractivity contribution < 1.29 is 28.7 Å². The molecule has 1 aromatic rings. The summed E-state index contributed by atoms with van der Waals surface area (Å²) in [5.41, 5.74) is 1.55. The second-order valence-corrected chi connectivity index (χ2v) is 5.73. The minimum Gasteiger partial charge on any atom is -0.324 e. The first-order chi connectivity index (χ1) is 8.74. The van der Waals surface area contributed by atoms with Crippen molar-refractivity contribution in [3.63, 3.8) is 0 Å². The molecule has 1 rings (SSSR count). The smallest absolute Gasteiger partial charge is 0.324 e. The molecule has 0 aliphatic rings. The van der Waals surface area contributed by atoms with E-state index in [1.54, 1.807) is 24.3 Å². The highest BCUT2D eigenvalue weighted by molar-refractivity contribution is 7.78. The van der Waals surface area contributed by atoms with Gasteiger partial charge in [0.25, 0.3) is 0 Å². The summed E-state index contributed by atoms with van der Waals surface area (Å²) in [6.45, 7) is 0. The van der Waals surface area contributed by atoms with E-state index in [4.69, 9.17) is 24.1 Å². The standard InChI is InChI=1S/C9H10NO3PS.HO3P/c11-14(12,13)6-5-8-1-3-9(4-2-8)10-7-15;1-4(2)3/h1-4H,5-6H2,(H2,11,12,13);(H-,1,2,3)/p+1. The number of isothiocyanates is 1. The van der Waals surface area contributed by atoms with Gasteiger partial charge in [-0.3, -0.25) is 4.57 Å². The summed E-state index contributed by atoms with van der Waals surface area (Å²) in [6, 6.07) is 6.99. The fourth-order valence-corrected chi connectivity index (χ4v) is 1.72. The van der Waals surface area contributed by atoms with Crippen LogP contribution in [0.2, 0.25) is 0 Å². The van der Waals surface area contributed by atoms with Gasteiger partial charge in [-0.1, -0.05) is 12.1 Å². The van der Waals surface area contributed by atoms with Crippen molar-refractivity contribution in [1.82, 2.24) is 0 Å². The van der Waals surface area contributed by atoms with E-state index in [2.05, 4.69) is 22.4 Å². The Morgan fingerprint density at radius 2 is 1.74 bits per heavy atom. The summed E-state index contributed by atoms with van der Waals surface area (Å²) in [5, 5.41) is 2.24. The van der Waals surface area contributed by atoms with E-state index in [0.717, 1.165) is 5.56 Å². The number of benzene rings is 1. The Kier molecular flexibility index (Phi) is 8.76. The van der Waals surface area contributed by atoms with Crippen LogP contribution in [0, 0.1) is 0 Å². The minimum atomic E-state index is -3.91. The van der Waals surface area contributed by atoms with Gasteiger partial charge in [-0.15, -0.1) is 9.79 Å². The molecule has 0 saturated carbocycles. The van der Waals surface area contributed by atoms with Gasteiger partial charge in [0.15, 0.2) is 0 Å². The number of aliphatic imine (C=N–C) groups is 1. The largest absolute Gasteiger partial charge is 0.692 e. The first-order valence-corrected chi connectivity index (χ1v) is 8.18. The molecule has 0 atom stereocenters. The summed E-state index contributed by atoms with van der Waals surface area (Å²) >= 11 is 4.45. The molecule has 7 nitrogen and oxygen atoms in total. The van der Waals surface area contributed by atoms with Crippen LogP contribution >= 0.6 is 28.1 Å². The monoisotopic (exact) mass is 324 g/mol. The van der Waals surface area contributed by atoms with Crippen LogP contribution in [0.25, 0.3) is 0 Å². The Balaban J connectivity index is 0.000000711. The van der Waals surface area contributed by atoms with E-state index in [-0.39, 0.29) is 6.16 Å². The maximum atomic E-state index is 10.6. The van der Waals surface area contributed by atoms with Gasteiger partial charge in [0.05, 0.1) is 17.0 Å². The van der Waals surface area contributed by atoms with Gasteiger partial charge in [0, 0.05) is 4.57 Å². The molecule has 0 heterocycles. The summed E-state index contributed by atoms with van der Waals surface area (Å²) in [7, 11) is -6.78. The lowest BCUT2D eigenvalue weighted by Crippen LogP contribution is -1.92. The predicted octanol–water partition coefficient (Wildman–Crippen LogP) is 1.77. The van der Waals surface area contributed by atoms with E-state index in [1.807, 2.05) is 0 Å². The first-order valence-electron chi connectivity index (χ1n) is 4.81. The molecule has 0 aliphatic carbocycles. The fourth-order valence-electron chi connectivity index (χ4n) is 1.06. The molecule has 0 aliphatic heterocycles. The third kappa shape index (κ3) is 12.0. The van der Waals surface area contributed by atoms with Crippen LogP contribution in [0.4, 0.5) is 5.69 Å². The molecule has 0 unspecified atom stereocenters. The second-order valence-electron chi connectivity index (χ2n) is 3.26. The molecule has 10 heteroatoms. The van der Waals surface area contributed by atoms with Crippen molar-refractivity contribution in [1.29, 1.82) is 0 Å². The van der Waals surface area contributed by atoms with Gasteiger partial charge < -0.3 is 9.79 Å². The maximum Gasteiger partial charge on any atom is 0.692 e. The quantitative estimate of drug-likeness (QED) is 0.377. The lowest BCUT2D eigenvalue weighted by molar-refractivity contribution is 0.373. The van der Waals surface area contributed by atoms with Crippen molar-refractivity contribution >= 4 is 38.9 Å². The Hall–Kier alpha value is -0.810. The molecule has 0 bridgehead atoms. The fraction of sp³-hybridized carbons (Fsp3) is 0.222. The van der Waals surface area contributed by atoms with Crippen LogP contribution in [-0.4, -0.2) is 30.9 Å². The van der Waals surface area contributed by atoms with Crippen LogP contribution < -0.4 is 0 Å². The molecule has 0 fully saturated rings. The van der Waals surface area contributed by atoms with Crippen LogP contribution in [0.15, 0.2) is 29.3 Å². The van der Waals surface area contributed by atoms with Crippen molar-refractivity contribution in [3.8, 4) is 0 Å². The molecule has 0 spiro atoms. The molecule has 1 aromatic carbocycles. The third-order valence-corrected chi connectivity index (χ3v) is 2.70. The number of thiocarbonyl (C=S) groups is 1. The highest BCUT2D eigenvalue weighted by Gasteiger charge is 2.11. The molecule has 0 amide bonds. The van der Waals surface area contributed by atoms with Crippen LogP contribution in [0.1, 0.15) is 5.56 Å². The Morgan fingerprint density at radius 1 is 1.26 bits per heavy atom. The number of hydrogen-bond donors (Lipinski definition) is 4. The molecular weight excluding hydrogens is 312 g/mol. The average Bonchev–Trinajstić information content (AvgIpc) is 2.27. The van der Waals surface area contributed by atoms with Gasteiger partial charge in [-0.25, -0.2) is 0 Å². The number of nitrogens with zero attached hydrogens (tertiary/aromatic N) is 1. The van der Waals surface area contributed by atoms with Crippen LogP contribution in [0.5, 0.6) is 0 Å². The summed E-state index contributed by atoms with van der Waals surface area (Å²) in [4.78, 5) is 35.4. The lowest BCUT2D eigenvalue weighted by Gasteiger charge is -2.03. The van der Waals surface area contributed by atoms with Gasteiger partial charge in [0.2, 0.25) is 0 Å². The van der Waals surface area contributed by atoms with Crippen molar-refractivity contribution in [2.75, 3.05) is 6.16 Å². The topological polar surface area (TPSA) is 127 Å². The average molecular weight is 324 g/mol. The zero-order valence-electron chi connectivity index (χ0n) is 9.58. The number of aryl methyl sites for hydroxylation is 1. The third-order valence-electron chi connectivity index (χ3n) is 1.80. The van der Waals surface area contributed by atoms with Gasteiger partial charge in [-0.05, 0) is 36.3 Å². The van der Waals surface area contributed by atoms with Gasteiger partial charge in [-0.2, -0.15) is 4.99 Å². The van der Waals surface area contributed by atoms with Crippen LogP contribution in [-0.2, 0) is 15.6 Å². The Bertz CT molecular complexity index is 504. The van der Waals surface area contributed by atoms with Gasteiger partial charge in [0.1, 0.15) is 0 Å².